The van der Waals surface area contributed by atoms with Crippen LogP contribution in [0, 0.1) is 5.41 Å². The molecule has 1 fully saturated rings. The van der Waals surface area contributed by atoms with Crippen LogP contribution in [-0.2, 0) is 34.1 Å². The zero-order valence-electron chi connectivity index (χ0n) is 27.3. The van der Waals surface area contributed by atoms with Gasteiger partial charge in [-0.3, -0.25) is 18.9 Å². The molecule has 1 saturated heterocycles. The summed E-state index contributed by atoms with van der Waals surface area (Å²) in [6.45, 7) is 6.57. The van der Waals surface area contributed by atoms with E-state index in [0.29, 0.717) is 10.4 Å². The number of halogens is 3. The summed E-state index contributed by atoms with van der Waals surface area (Å²) < 4.78 is 52.0. The van der Waals surface area contributed by atoms with E-state index in [2.05, 4.69) is 21.2 Å². The summed E-state index contributed by atoms with van der Waals surface area (Å²) in [6, 6.07) is 9.16. The van der Waals surface area contributed by atoms with Crippen LogP contribution in [0.4, 0.5) is 14.5 Å². The van der Waals surface area contributed by atoms with E-state index in [1.165, 1.54) is 21.9 Å². The number of likely N-dealkylation sites (tertiary alicyclic amines) is 1. The van der Waals surface area contributed by atoms with Crippen LogP contribution in [0.5, 0.6) is 0 Å². The highest BCUT2D eigenvalue weighted by atomic mass is 79.9. The lowest BCUT2D eigenvalue weighted by molar-refractivity contribution is -0.150. The number of rotatable bonds is 11. The number of hydrogen-bond donors (Lipinski definition) is 3. The lowest BCUT2D eigenvalue weighted by atomic mass is 9.85. The number of carbonyl (C=O) groups excluding carboxylic acids is 4. The van der Waals surface area contributed by atoms with E-state index < -0.39 is 66.1 Å². The molecule has 3 amide bonds. The second-order valence-corrected chi connectivity index (χ2v) is 16.2. The van der Waals surface area contributed by atoms with Gasteiger partial charge in [-0.2, -0.15) is 8.78 Å². The van der Waals surface area contributed by atoms with Crippen LogP contribution in [-0.4, -0.2) is 83.4 Å². The topological polar surface area (TPSA) is 163 Å². The Morgan fingerprint density at radius 3 is 2.37 bits per heavy atom. The summed E-state index contributed by atoms with van der Waals surface area (Å²) in [6.07, 6.45) is -0.618. The molecule has 0 aliphatic carbocycles. The molecule has 3 aromatic rings. The van der Waals surface area contributed by atoms with Crippen LogP contribution >= 0.6 is 34.9 Å². The lowest BCUT2D eigenvalue weighted by Gasteiger charge is -2.36. The van der Waals surface area contributed by atoms with Crippen molar-refractivity contribution in [1.82, 2.24) is 10.2 Å². The van der Waals surface area contributed by atoms with Gasteiger partial charge in [0.25, 0.3) is 5.91 Å². The number of anilines is 1. The molecule has 17 heteroatoms. The first kappa shape index (κ1) is 38.5. The van der Waals surface area contributed by atoms with Gasteiger partial charge in [-0.15, -0.1) is 11.3 Å². The molecule has 266 valence electrons. The molecule has 3 N–H and O–H groups in total. The van der Waals surface area contributed by atoms with Crippen molar-refractivity contribution in [2.75, 3.05) is 31.7 Å². The van der Waals surface area contributed by atoms with Crippen molar-refractivity contribution < 1.29 is 51.8 Å². The van der Waals surface area contributed by atoms with E-state index in [-0.39, 0.29) is 36.4 Å². The van der Waals surface area contributed by atoms with E-state index in [1.54, 1.807) is 59.0 Å². The fourth-order valence-electron chi connectivity index (χ4n) is 5.33. The van der Waals surface area contributed by atoms with Gasteiger partial charge in [0.2, 0.25) is 11.8 Å². The zero-order chi connectivity index (χ0) is 36.5. The van der Waals surface area contributed by atoms with E-state index in [9.17, 15) is 32.5 Å². The minimum absolute atomic E-state index is 0.0509. The Hall–Kier alpha value is -3.27. The highest BCUT2D eigenvalue weighted by molar-refractivity contribution is 9.10. The number of carbonyl (C=O) groups is 4. The molecule has 2 aromatic carbocycles. The SMILES string of the molecule is CCOC(=O)CO[C@H]1C[C@@H](C(=O)N(C)c2ccc(Br)cc2)N(C(=O)[C@@H](NC(=O)c2cc3cc(C(F)(F)P(=O)(O)O)ccc3s2)C(C)(C)C)C1. The molecule has 49 heavy (non-hydrogen) atoms. The summed E-state index contributed by atoms with van der Waals surface area (Å²) in [7, 11) is -4.23. The smallest absolute Gasteiger partial charge is 0.399 e. The molecule has 3 atom stereocenters. The predicted octanol–water partition coefficient (Wildman–Crippen LogP) is 5.25. The number of hydrogen-bond acceptors (Lipinski definition) is 8. The Bertz CT molecular complexity index is 1780. The maximum Gasteiger partial charge on any atom is 0.399 e. The maximum absolute atomic E-state index is 14.4. The van der Waals surface area contributed by atoms with E-state index in [1.807, 2.05) is 0 Å². The number of amides is 3. The lowest BCUT2D eigenvalue weighted by Crippen LogP contribution is -2.57. The largest absolute Gasteiger partial charge is 0.464 e. The monoisotopic (exact) mass is 787 g/mol. The molecule has 12 nitrogen and oxygen atoms in total. The molecule has 0 radical (unpaired) electrons. The number of benzene rings is 2. The average Bonchev–Trinajstić information content (AvgIpc) is 3.65. The standard InChI is InChI=1S/C32H37BrF2N3O9PS/c1-6-46-26(39)17-47-22-15-23(29(41)37(5)21-10-8-20(33)9-11-21)38(16-22)30(42)27(31(2,3)4)36-28(40)25-14-18-13-19(7-12-24(18)49-25)32(34,35)48(43,44)45/h7-14,22-23,27H,6,15-17H2,1-5H3,(H,36,40)(H2,43,44,45)/t22-,23-,27+/m0/s1. The normalized spacial score (nSPS) is 17.6. The summed E-state index contributed by atoms with van der Waals surface area (Å²) >= 11 is 4.32. The van der Waals surface area contributed by atoms with Gasteiger partial charge in [-0.25, -0.2) is 4.79 Å². The first-order chi connectivity index (χ1) is 22.7. The van der Waals surface area contributed by atoms with Crippen molar-refractivity contribution in [2.24, 2.45) is 5.41 Å². The van der Waals surface area contributed by atoms with Gasteiger partial charge < -0.3 is 34.4 Å². The highest BCUT2D eigenvalue weighted by Crippen LogP contribution is 2.59. The Morgan fingerprint density at radius 1 is 1.12 bits per heavy atom. The number of likely N-dealkylation sites (N-methyl/N-ethyl adjacent to an activating group) is 1. The van der Waals surface area contributed by atoms with Crippen LogP contribution in [0.3, 0.4) is 0 Å². The van der Waals surface area contributed by atoms with Crippen LogP contribution < -0.4 is 10.2 Å². The van der Waals surface area contributed by atoms with Crippen molar-refractivity contribution >= 4 is 74.3 Å². The summed E-state index contributed by atoms with van der Waals surface area (Å²) in [5.74, 6) is -2.27. The molecule has 0 bridgehead atoms. The molecule has 0 spiro atoms. The summed E-state index contributed by atoms with van der Waals surface area (Å²) in [5, 5.41) is 2.91. The first-order valence-corrected chi connectivity index (χ1v) is 18.4. The van der Waals surface area contributed by atoms with Gasteiger partial charge in [-0.05, 0) is 60.2 Å². The molecule has 1 aromatic heterocycles. The van der Waals surface area contributed by atoms with E-state index in [0.717, 1.165) is 27.9 Å². The Kier molecular flexibility index (Phi) is 11.7. The van der Waals surface area contributed by atoms with Gasteiger partial charge in [0.05, 0.1) is 17.6 Å². The van der Waals surface area contributed by atoms with Crippen molar-refractivity contribution in [3.05, 3.63) is 63.4 Å². The van der Waals surface area contributed by atoms with Crippen LogP contribution in [0.1, 0.15) is 49.4 Å². The summed E-state index contributed by atoms with van der Waals surface area (Å²) in [5.41, 5.74) is -5.64. The fraction of sp³-hybridized carbons (Fsp3) is 0.438. The van der Waals surface area contributed by atoms with Crippen molar-refractivity contribution in [2.45, 2.75) is 58.0 Å². The number of ether oxygens (including phenoxy) is 2. The maximum atomic E-state index is 14.4. The number of fused-ring (bicyclic) bond motifs is 1. The molecule has 1 aliphatic heterocycles. The molecular weight excluding hydrogens is 751 g/mol. The van der Waals surface area contributed by atoms with Crippen molar-refractivity contribution in [1.29, 1.82) is 0 Å². The Labute approximate surface area is 294 Å². The van der Waals surface area contributed by atoms with Gasteiger partial charge in [-0.1, -0.05) is 42.8 Å². The third-order valence-electron chi connectivity index (χ3n) is 7.96. The minimum atomic E-state index is -5.81. The average molecular weight is 789 g/mol. The van der Waals surface area contributed by atoms with E-state index in [4.69, 9.17) is 19.3 Å². The van der Waals surface area contributed by atoms with Gasteiger partial charge in [0.15, 0.2) is 0 Å². The molecule has 4 rings (SSSR count). The van der Waals surface area contributed by atoms with Crippen LogP contribution in [0.25, 0.3) is 10.1 Å². The third-order valence-corrected chi connectivity index (χ3v) is 10.6. The van der Waals surface area contributed by atoms with Crippen LogP contribution in [0.15, 0.2) is 53.0 Å². The Balaban J connectivity index is 1.61. The number of thiophene rings is 1. The predicted molar refractivity (Wildman–Crippen MR) is 183 cm³/mol. The van der Waals surface area contributed by atoms with Gasteiger partial charge >= 0.3 is 19.2 Å². The molecule has 1 aliphatic rings. The highest BCUT2D eigenvalue weighted by Gasteiger charge is 2.50. The number of nitrogens with zero attached hydrogens (tertiary/aromatic N) is 2. The van der Waals surface area contributed by atoms with Gasteiger partial charge in [0, 0.05) is 40.4 Å². The van der Waals surface area contributed by atoms with Crippen molar-refractivity contribution in [3.8, 4) is 0 Å². The summed E-state index contributed by atoms with van der Waals surface area (Å²) in [4.78, 5) is 74.9. The number of nitrogens with one attached hydrogen (secondary N) is 1. The molecule has 0 unspecified atom stereocenters. The zero-order valence-corrected chi connectivity index (χ0v) is 30.6. The first-order valence-electron chi connectivity index (χ1n) is 15.1. The fourth-order valence-corrected chi connectivity index (χ4v) is 7.01. The van der Waals surface area contributed by atoms with Crippen molar-refractivity contribution in [3.63, 3.8) is 0 Å². The van der Waals surface area contributed by atoms with Crippen LogP contribution in [0.2, 0.25) is 0 Å². The second kappa shape index (κ2) is 14.9. The Morgan fingerprint density at radius 2 is 1.78 bits per heavy atom. The van der Waals surface area contributed by atoms with E-state index >= 15 is 0 Å². The molecular formula is C32H37BrF2N3O9PS. The number of alkyl halides is 2. The minimum Gasteiger partial charge on any atom is -0.464 e. The second-order valence-electron chi connectivity index (χ2n) is 12.6. The quantitative estimate of drug-likeness (QED) is 0.174. The van der Waals surface area contributed by atoms with Gasteiger partial charge in [0.1, 0.15) is 18.7 Å². The number of esters is 1. The third kappa shape index (κ3) is 8.73. The molecule has 2 heterocycles. The molecule has 0 saturated carbocycles.